The molecule has 0 aliphatic carbocycles. The lowest BCUT2D eigenvalue weighted by atomic mass is 10.0. The molecule has 118 valence electrons. The summed E-state index contributed by atoms with van der Waals surface area (Å²) in [6.45, 7) is 0. The predicted molar refractivity (Wildman–Crippen MR) is 67.4 cm³/mol. The first-order valence-corrected chi connectivity index (χ1v) is 5.90. The van der Waals surface area contributed by atoms with E-state index in [-0.39, 0.29) is 5.75 Å². The zero-order valence-corrected chi connectivity index (χ0v) is 10.8. The van der Waals surface area contributed by atoms with Gasteiger partial charge in [-0.05, 0) is 24.3 Å². The molecule has 2 rings (SSSR count). The average Bonchev–Trinajstić information content (AvgIpc) is 2.39. The molecule has 2 aromatic carbocycles. The highest BCUT2D eigenvalue weighted by molar-refractivity contribution is 5.59. The molecule has 2 nitrogen and oxygen atoms in total. The minimum absolute atomic E-state index is 0.0223. The average molecular weight is 321 g/mol. The van der Waals surface area contributed by atoms with Crippen LogP contribution in [0.1, 0.15) is 11.1 Å². The number of hydrogen-bond donors (Lipinski definition) is 1. The van der Waals surface area contributed by atoms with Crippen LogP contribution in [0.15, 0.2) is 42.5 Å². The van der Waals surface area contributed by atoms with Crippen molar-refractivity contribution in [3.05, 3.63) is 53.6 Å². The Morgan fingerprint density at radius 2 is 1.27 bits per heavy atom. The monoisotopic (exact) mass is 321 g/mol. The number of nitrogen functional groups attached to an aromatic ring is 1. The van der Waals surface area contributed by atoms with Gasteiger partial charge >= 0.3 is 12.4 Å². The number of hydrogen-bond acceptors (Lipinski definition) is 2. The summed E-state index contributed by atoms with van der Waals surface area (Å²) < 4.78 is 83.0. The van der Waals surface area contributed by atoms with Crippen LogP contribution in [0.25, 0.3) is 0 Å². The fourth-order valence-corrected chi connectivity index (χ4v) is 1.89. The highest BCUT2D eigenvalue weighted by atomic mass is 19.4. The third-order valence-corrected chi connectivity index (χ3v) is 2.74. The Labute approximate surface area is 121 Å². The van der Waals surface area contributed by atoms with Gasteiger partial charge in [0, 0.05) is 5.69 Å². The molecule has 8 heteroatoms. The van der Waals surface area contributed by atoms with Crippen molar-refractivity contribution >= 4 is 5.69 Å². The Balaban J connectivity index is 2.65. The minimum atomic E-state index is -5.27. The SMILES string of the molecule is Nc1ccc(Oc2ccccc2)c(C(F)(F)F)c1C(F)(F)F. The number of halogens is 6. The van der Waals surface area contributed by atoms with Crippen LogP contribution in [0.5, 0.6) is 11.5 Å². The molecule has 0 bridgehead atoms. The zero-order chi connectivity index (χ0) is 16.5. The lowest BCUT2D eigenvalue weighted by Gasteiger charge is -2.20. The van der Waals surface area contributed by atoms with Gasteiger partial charge in [0.2, 0.25) is 0 Å². The summed E-state index contributed by atoms with van der Waals surface area (Å²) >= 11 is 0. The molecule has 0 radical (unpaired) electrons. The summed E-state index contributed by atoms with van der Waals surface area (Å²) in [6, 6.07) is 8.68. The fraction of sp³-hybridized carbons (Fsp3) is 0.143. The Hall–Kier alpha value is -2.38. The van der Waals surface area contributed by atoms with E-state index in [1.165, 1.54) is 24.3 Å². The van der Waals surface area contributed by atoms with Crippen molar-refractivity contribution in [2.75, 3.05) is 5.73 Å². The maximum absolute atomic E-state index is 13.1. The van der Waals surface area contributed by atoms with Crippen molar-refractivity contribution < 1.29 is 31.1 Å². The quantitative estimate of drug-likeness (QED) is 0.617. The van der Waals surface area contributed by atoms with E-state index in [9.17, 15) is 26.3 Å². The van der Waals surface area contributed by atoms with Crippen molar-refractivity contribution in [2.24, 2.45) is 0 Å². The first-order chi connectivity index (χ1) is 10.1. The molecule has 0 heterocycles. The third-order valence-electron chi connectivity index (χ3n) is 2.74. The number of rotatable bonds is 2. The molecule has 0 amide bonds. The summed E-state index contributed by atoms with van der Waals surface area (Å²) in [5.41, 5.74) is 0.186. The largest absolute Gasteiger partial charge is 0.457 e. The second-order valence-electron chi connectivity index (χ2n) is 4.31. The van der Waals surface area contributed by atoms with Crippen molar-refractivity contribution in [3.63, 3.8) is 0 Å². The van der Waals surface area contributed by atoms with E-state index in [0.717, 1.165) is 12.1 Å². The van der Waals surface area contributed by atoms with Gasteiger partial charge in [0.25, 0.3) is 0 Å². The van der Waals surface area contributed by atoms with Crippen molar-refractivity contribution in [2.45, 2.75) is 12.4 Å². The van der Waals surface area contributed by atoms with Gasteiger partial charge in [-0.3, -0.25) is 0 Å². The maximum Gasteiger partial charge on any atom is 0.420 e. The molecular formula is C14H9F6NO. The number of anilines is 1. The van der Waals surface area contributed by atoms with Gasteiger partial charge in [0.15, 0.2) is 0 Å². The molecule has 0 aliphatic rings. The van der Waals surface area contributed by atoms with E-state index in [1.54, 1.807) is 6.07 Å². The number of benzene rings is 2. The molecule has 0 fully saturated rings. The number of alkyl halides is 6. The van der Waals surface area contributed by atoms with Gasteiger partial charge in [-0.2, -0.15) is 26.3 Å². The predicted octanol–water partition coefficient (Wildman–Crippen LogP) is 5.10. The Morgan fingerprint density at radius 3 is 1.77 bits per heavy atom. The van der Waals surface area contributed by atoms with E-state index in [0.29, 0.717) is 0 Å². The second-order valence-corrected chi connectivity index (χ2v) is 4.31. The molecular weight excluding hydrogens is 312 g/mol. The first-order valence-electron chi connectivity index (χ1n) is 5.90. The highest BCUT2D eigenvalue weighted by Gasteiger charge is 2.47. The van der Waals surface area contributed by atoms with Crippen LogP contribution in [-0.2, 0) is 12.4 Å². The van der Waals surface area contributed by atoms with E-state index in [1.807, 2.05) is 0 Å². The van der Waals surface area contributed by atoms with Crippen LogP contribution in [0.4, 0.5) is 32.0 Å². The molecule has 2 N–H and O–H groups in total. The lowest BCUT2D eigenvalue weighted by Crippen LogP contribution is -2.19. The van der Waals surface area contributed by atoms with Gasteiger partial charge in [0.1, 0.15) is 17.1 Å². The number of para-hydroxylation sites is 1. The topological polar surface area (TPSA) is 35.2 Å². The van der Waals surface area contributed by atoms with Crippen LogP contribution >= 0.6 is 0 Å². The van der Waals surface area contributed by atoms with Gasteiger partial charge in [-0.1, -0.05) is 18.2 Å². The van der Waals surface area contributed by atoms with Gasteiger partial charge < -0.3 is 10.5 Å². The molecule has 0 saturated carbocycles. The Bertz CT molecular complexity index is 664. The van der Waals surface area contributed by atoms with Gasteiger partial charge in [0.05, 0.1) is 5.56 Å². The number of nitrogens with two attached hydrogens (primary N) is 1. The normalized spacial score (nSPS) is 12.3. The molecule has 22 heavy (non-hydrogen) atoms. The van der Waals surface area contributed by atoms with E-state index in [2.05, 4.69) is 0 Å². The zero-order valence-electron chi connectivity index (χ0n) is 10.8. The molecule has 0 unspecified atom stereocenters. The maximum atomic E-state index is 13.1. The molecule has 2 aromatic rings. The van der Waals surface area contributed by atoms with Crippen LogP contribution in [0.2, 0.25) is 0 Å². The molecule has 0 aromatic heterocycles. The van der Waals surface area contributed by atoms with E-state index >= 15 is 0 Å². The first kappa shape index (κ1) is 16.0. The van der Waals surface area contributed by atoms with Crippen molar-refractivity contribution in [1.29, 1.82) is 0 Å². The summed E-state index contributed by atoms with van der Waals surface area (Å²) in [5.74, 6) is -0.980. The molecule has 0 atom stereocenters. The summed E-state index contributed by atoms with van der Waals surface area (Å²) in [6.07, 6.45) is -10.5. The van der Waals surface area contributed by atoms with Gasteiger partial charge in [-0.15, -0.1) is 0 Å². The summed E-state index contributed by atoms with van der Waals surface area (Å²) in [7, 11) is 0. The van der Waals surface area contributed by atoms with E-state index < -0.39 is 34.9 Å². The summed E-state index contributed by atoms with van der Waals surface area (Å²) in [5, 5.41) is 0. The minimum Gasteiger partial charge on any atom is -0.457 e. The van der Waals surface area contributed by atoms with Crippen molar-refractivity contribution in [3.8, 4) is 11.5 Å². The molecule has 0 saturated heterocycles. The lowest BCUT2D eigenvalue weighted by molar-refractivity contribution is -0.162. The molecule has 0 aliphatic heterocycles. The van der Waals surface area contributed by atoms with Crippen LogP contribution in [-0.4, -0.2) is 0 Å². The standard InChI is InChI=1S/C14H9F6NO/c15-13(16,17)11-9(21)6-7-10(12(11)14(18,19)20)22-8-4-2-1-3-5-8/h1-7H,21H2. The second kappa shape index (κ2) is 5.43. The highest BCUT2D eigenvalue weighted by Crippen LogP contribution is 2.48. The fourth-order valence-electron chi connectivity index (χ4n) is 1.89. The van der Waals surface area contributed by atoms with Crippen LogP contribution in [0.3, 0.4) is 0 Å². The van der Waals surface area contributed by atoms with Gasteiger partial charge in [-0.25, -0.2) is 0 Å². The van der Waals surface area contributed by atoms with Crippen LogP contribution < -0.4 is 10.5 Å². The van der Waals surface area contributed by atoms with Crippen molar-refractivity contribution in [1.82, 2.24) is 0 Å². The number of ether oxygens (including phenoxy) is 1. The van der Waals surface area contributed by atoms with E-state index in [4.69, 9.17) is 10.5 Å². The summed E-state index contributed by atoms with van der Waals surface area (Å²) in [4.78, 5) is 0. The third kappa shape index (κ3) is 3.26. The van der Waals surface area contributed by atoms with Crippen LogP contribution in [0, 0.1) is 0 Å². The Morgan fingerprint density at radius 1 is 0.727 bits per heavy atom. The smallest absolute Gasteiger partial charge is 0.420 e. The molecule has 0 spiro atoms. The Kier molecular flexibility index (Phi) is 3.95.